The number of alkyl halides is 3. The molecule has 31 heavy (non-hydrogen) atoms. The van der Waals surface area contributed by atoms with Crippen molar-refractivity contribution in [3.8, 4) is 11.4 Å². The van der Waals surface area contributed by atoms with Gasteiger partial charge in [-0.15, -0.1) is 0 Å². The van der Waals surface area contributed by atoms with E-state index in [0.29, 0.717) is 5.56 Å². The number of ether oxygens (including phenoxy) is 1. The third-order valence-corrected chi connectivity index (χ3v) is 4.34. The Balaban J connectivity index is 1.82. The maximum absolute atomic E-state index is 14.6. The van der Waals surface area contributed by atoms with Crippen molar-refractivity contribution < 1.29 is 27.1 Å². The van der Waals surface area contributed by atoms with E-state index in [4.69, 9.17) is 16.3 Å². The van der Waals surface area contributed by atoms with Crippen molar-refractivity contribution in [3.05, 3.63) is 58.5 Å². The number of imidazole rings is 1. The van der Waals surface area contributed by atoms with E-state index in [2.05, 4.69) is 20.3 Å². The van der Waals surface area contributed by atoms with E-state index in [0.717, 1.165) is 16.8 Å². The number of nitrogens with one attached hydrogen (secondary N) is 1. The molecule has 0 aliphatic carbocycles. The summed E-state index contributed by atoms with van der Waals surface area (Å²) in [4.78, 5) is 23.2. The van der Waals surface area contributed by atoms with Gasteiger partial charge in [0.1, 0.15) is 23.0 Å². The van der Waals surface area contributed by atoms with Crippen LogP contribution in [0, 0.1) is 5.82 Å². The van der Waals surface area contributed by atoms with Crippen LogP contribution in [0.5, 0.6) is 0 Å². The highest BCUT2D eigenvalue weighted by molar-refractivity contribution is 6.28. The first kappa shape index (κ1) is 22.5. The number of hydrogen-bond donors (Lipinski definition) is 1. The quantitative estimate of drug-likeness (QED) is 0.334. The van der Waals surface area contributed by atoms with Gasteiger partial charge >= 0.3 is 12.1 Å². The molecule has 0 unspecified atom stereocenters. The third kappa shape index (κ3) is 5.10. The molecule has 0 atom stereocenters. The summed E-state index contributed by atoms with van der Waals surface area (Å²) in [5, 5.41) is 2.75. The number of aryl methyl sites for hydroxylation is 1. The lowest BCUT2D eigenvalue weighted by Crippen LogP contribution is -2.12. The molecule has 0 aliphatic heterocycles. The van der Waals surface area contributed by atoms with Gasteiger partial charge in [0.2, 0.25) is 5.28 Å². The Morgan fingerprint density at radius 3 is 2.65 bits per heavy atom. The fraction of sp³-hybridized carbons (Fsp3) is 0.263. The van der Waals surface area contributed by atoms with Gasteiger partial charge in [0.05, 0.1) is 12.2 Å². The second-order valence-corrected chi connectivity index (χ2v) is 6.69. The predicted octanol–water partition coefficient (Wildman–Crippen LogP) is 4.48. The highest BCUT2D eigenvalue weighted by Gasteiger charge is 2.34. The Morgan fingerprint density at radius 1 is 1.29 bits per heavy atom. The number of hydrogen-bond acceptors (Lipinski definition) is 6. The average molecular weight is 458 g/mol. The maximum Gasteiger partial charge on any atom is 0.434 e. The molecule has 7 nitrogen and oxygen atoms in total. The molecule has 0 bridgehead atoms. The molecule has 0 saturated carbocycles. The highest BCUT2D eigenvalue weighted by Crippen LogP contribution is 2.31. The van der Waals surface area contributed by atoms with Crippen LogP contribution in [-0.2, 0) is 24.5 Å². The minimum absolute atomic E-state index is 0.0469. The Bertz CT molecular complexity index is 1120. The number of carbonyl (C=O) groups is 1. The minimum Gasteiger partial charge on any atom is -0.462 e. The fourth-order valence-corrected chi connectivity index (χ4v) is 2.88. The summed E-state index contributed by atoms with van der Waals surface area (Å²) in [5.74, 6) is -1.47. The number of carbonyl (C=O) groups excluding carboxylic acids is 1. The summed E-state index contributed by atoms with van der Waals surface area (Å²) in [6.07, 6.45) is -2.63. The maximum atomic E-state index is 14.6. The first-order valence-corrected chi connectivity index (χ1v) is 9.30. The molecule has 1 aromatic carbocycles. The Labute approximate surface area is 179 Å². The molecule has 0 aliphatic rings. The Kier molecular flexibility index (Phi) is 6.44. The SMILES string of the molecule is CCOC(=O)c1cnc(Cl)nc1NCc1ccc(-c2nc(C(F)(F)F)cn2C)c(F)c1. The zero-order valence-electron chi connectivity index (χ0n) is 16.3. The van der Waals surface area contributed by atoms with E-state index in [1.807, 2.05) is 0 Å². The number of aromatic nitrogens is 4. The number of nitrogens with zero attached hydrogens (tertiary/aromatic N) is 4. The van der Waals surface area contributed by atoms with Crippen LogP contribution in [-0.4, -0.2) is 32.1 Å². The lowest BCUT2D eigenvalue weighted by molar-refractivity contribution is -0.140. The van der Waals surface area contributed by atoms with E-state index in [-0.39, 0.29) is 41.2 Å². The fourth-order valence-electron chi connectivity index (χ4n) is 2.74. The number of rotatable bonds is 6. The molecular formula is C19H16ClF4N5O2. The standard InChI is InChI=1S/C19H16ClF4N5O2/c1-3-31-17(30)12-8-26-18(20)28-15(12)25-7-10-4-5-11(13(21)6-10)16-27-14(9-29(16)2)19(22,23)24/h4-6,8-9H,3,7H2,1-2H3,(H,25,26,28). The van der Waals surface area contributed by atoms with Gasteiger partial charge in [0, 0.05) is 26.0 Å². The van der Waals surface area contributed by atoms with Crippen LogP contribution in [0.4, 0.5) is 23.4 Å². The molecule has 0 spiro atoms. The van der Waals surface area contributed by atoms with Gasteiger partial charge in [-0.3, -0.25) is 0 Å². The molecule has 3 aromatic rings. The number of halogens is 5. The van der Waals surface area contributed by atoms with E-state index >= 15 is 0 Å². The molecule has 1 N–H and O–H groups in total. The van der Waals surface area contributed by atoms with Crippen LogP contribution in [0.2, 0.25) is 5.28 Å². The van der Waals surface area contributed by atoms with Crippen molar-refractivity contribution in [3.63, 3.8) is 0 Å². The summed E-state index contributed by atoms with van der Waals surface area (Å²) < 4.78 is 59.2. The topological polar surface area (TPSA) is 81.9 Å². The molecule has 2 heterocycles. The third-order valence-electron chi connectivity index (χ3n) is 4.16. The number of esters is 1. The van der Waals surface area contributed by atoms with Gasteiger partial charge < -0.3 is 14.6 Å². The van der Waals surface area contributed by atoms with Crippen molar-refractivity contribution >= 4 is 23.4 Å². The molecule has 0 radical (unpaired) electrons. The molecule has 12 heteroatoms. The Morgan fingerprint density at radius 2 is 2.03 bits per heavy atom. The van der Waals surface area contributed by atoms with Crippen LogP contribution in [0.25, 0.3) is 11.4 Å². The minimum atomic E-state index is -4.63. The molecule has 2 aromatic heterocycles. The van der Waals surface area contributed by atoms with Crippen molar-refractivity contribution in [2.45, 2.75) is 19.6 Å². The van der Waals surface area contributed by atoms with Gasteiger partial charge in [0.25, 0.3) is 0 Å². The summed E-state index contributed by atoms with van der Waals surface area (Å²) >= 11 is 5.78. The van der Waals surface area contributed by atoms with E-state index in [9.17, 15) is 22.4 Å². The molecule has 0 saturated heterocycles. The van der Waals surface area contributed by atoms with Crippen molar-refractivity contribution in [2.24, 2.45) is 7.05 Å². The summed E-state index contributed by atoms with van der Waals surface area (Å²) in [6, 6.07) is 3.99. The summed E-state index contributed by atoms with van der Waals surface area (Å²) in [7, 11) is 1.35. The number of anilines is 1. The van der Waals surface area contributed by atoms with Gasteiger partial charge in [0.15, 0.2) is 5.69 Å². The Hall–Kier alpha value is -3.21. The highest BCUT2D eigenvalue weighted by atomic mass is 35.5. The van der Waals surface area contributed by atoms with Crippen LogP contribution >= 0.6 is 11.6 Å². The summed E-state index contributed by atoms with van der Waals surface area (Å²) in [5.41, 5.74) is -0.701. The van der Waals surface area contributed by atoms with Gasteiger partial charge in [-0.2, -0.15) is 18.2 Å². The first-order valence-electron chi connectivity index (χ1n) is 8.93. The van der Waals surface area contributed by atoms with Gasteiger partial charge in [-0.05, 0) is 36.2 Å². The zero-order chi connectivity index (χ0) is 22.8. The number of benzene rings is 1. The molecular weight excluding hydrogens is 442 g/mol. The average Bonchev–Trinajstić information content (AvgIpc) is 3.08. The first-order chi connectivity index (χ1) is 14.6. The molecule has 0 fully saturated rings. The van der Waals surface area contributed by atoms with Crippen LogP contribution < -0.4 is 5.32 Å². The lowest BCUT2D eigenvalue weighted by atomic mass is 10.1. The second kappa shape index (κ2) is 8.88. The second-order valence-electron chi connectivity index (χ2n) is 6.35. The lowest BCUT2D eigenvalue weighted by Gasteiger charge is -2.11. The molecule has 3 rings (SSSR count). The summed E-state index contributed by atoms with van der Waals surface area (Å²) in [6.45, 7) is 1.84. The molecule has 0 amide bonds. The van der Waals surface area contributed by atoms with Crippen molar-refractivity contribution in [2.75, 3.05) is 11.9 Å². The largest absolute Gasteiger partial charge is 0.462 e. The van der Waals surface area contributed by atoms with E-state index < -0.39 is 23.7 Å². The van der Waals surface area contributed by atoms with Crippen molar-refractivity contribution in [1.29, 1.82) is 0 Å². The molecule has 164 valence electrons. The smallest absolute Gasteiger partial charge is 0.434 e. The predicted molar refractivity (Wildman–Crippen MR) is 104 cm³/mol. The van der Waals surface area contributed by atoms with Crippen LogP contribution in [0.1, 0.15) is 28.5 Å². The monoisotopic (exact) mass is 457 g/mol. The zero-order valence-corrected chi connectivity index (χ0v) is 17.1. The van der Waals surface area contributed by atoms with Crippen LogP contribution in [0.15, 0.2) is 30.6 Å². The van der Waals surface area contributed by atoms with Crippen molar-refractivity contribution in [1.82, 2.24) is 19.5 Å². The van der Waals surface area contributed by atoms with E-state index in [1.165, 1.54) is 25.4 Å². The van der Waals surface area contributed by atoms with Gasteiger partial charge in [-0.25, -0.2) is 19.2 Å². The normalized spacial score (nSPS) is 11.5. The van der Waals surface area contributed by atoms with Crippen LogP contribution in [0.3, 0.4) is 0 Å². The van der Waals surface area contributed by atoms with Gasteiger partial charge in [-0.1, -0.05) is 6.07 Å². The van der Waals surface area contributed by atoms with E-state index in [1.54, 1.807) is 6.92 Å².